The van der Waals surface area contributed by atoms with Crippen molar-refractivity contribution in [3.63, 3.8) is 0 Å². The Kier molecular flexibility index (Phi) is 5.26. The third kappa shape index (κ3) is 3.44. The molecule has 0 saturated heterocycles. The van der Waals surface area contributed by atoms with E-state index in [1.165, 1.54) is 4.68 Å². The number of ketones is 1. The number of hydrogen-bond acceptors (Lipinski definition) is 3. The number of aromatic nitrogens is 3. The van der Waals surface area contributed by atoms with E-state index in [0.29, 0.717) is 33.1 Å². The highest BCUT2D eigenvalue weighted by Gasteiger charge is 2.16. The molecule has 2 aromatic heterocycles. The third-order valence-corrected chi connectivity index (χ3v) is 6.01. The van der Waals surface area contributed by atoms with Gasteiger partial charge < -0.3 is 4.57 Å². The molecule has 0 spiro atoms. The summed E-state index contributed by atoms with van der Waals surface area (Å²) in [5.74, 6) is -0.158. The number of aryl methyl sites for hydroxylation is 2. The van der Waals surface area contributed by atoms with Crippen LogP contribution < -0.4 is 5.56 Å². The van der Waals surface area contributed by atoms with Gasteiger partial charge in [-0.1, -0.05) is 47.5 Å². The summed E-state index contributed by atoms with van der Waals surface area (Å²) in [6.45, 7) is 4.52. The number of carbonyl (C=O) groups is 1. The van der Waals surface area contributed by atoms with Crippen molar-refractivity contribution < 1.29 is 4.79 Å². The van der Waals surface area contributed by atoms with Crippen molar-refractivity contribution in [3.8, 4) is 0 Å². The van der Waals surface area contributed by atoms with Crippen molar-refractivity contribution >= 4 is 39.9 Å². The average Bonchev–Trinajstić information content (AvgIpc) is 2.96. The molecule has 0 atom stereocenters. The van der Waals surface area contributed by atoms with Gasteiger partial charge in [-0.2, -0.15) is 5.10 Å². The first kappa shape index (κ1) is 20.4. The number of carbonyl (C=O) groups excluding carboxylic acids is 1. The van der Waals surface area contributed by atoms with Crippen molar-refractivity contribution in [2.45, 2.75) is 20.4 Å². The Morgan fingerprint density at radius 2 is 1.77 bits per heavy atom. The zero-order valence-electron chi connectivity index (χ0n) is 16.7. The second-order valence-corrected chi connectivity index (χ2v) is 8.12. The van der Waals surface area contributed by atoms with Crippen molar-refractivity contribution in [1.82, 2.24) is 14.3 Å². The van der Waals surface area contributed by atoms with Gasteiger partial charge in [-0.15, -0.1) is 0 Å². The number of nitrogens with zero attached hydrogens (tertiary/aromatic N) is 3. The number of rotatable bonds is 4. The molecule has 0 N–H and O–H groups in total. The van der Waals surface area contributed by atoms with Crippen molar-refractivity contribution in [2.75, 3.05) is 0 Å². The Bertz CT molecular complexity index is 1350. The number of halogens is 2. The van der Waals surface area contributed by atoms with E-state index in [4.69, 9.17) is 23.2 Å². The minimum Gasteiger partial charge on any atom is -0.339 e. The molecule has 0 unspecified atom stereocenters. The summed E-state index contributed by atoms with van der Waals surface area (Å²) in [5, 5.41) is 5.67. The second kappa shape index (κ2) is 7.74. The summed E-state index contributed by atoms with van der Waals surface area (Å²) in [4.78, 5) is 25.3. The highest BCUT2D eigenvalue weighted by molar-refractivity contribution is 6.37. The van der Waals surface area contributed by atoms with Gasteiger partial charge in [-0.3, -0.25) is 9.59 Å². The van der Waals surface area contributed by atoms with Crippen LogP contribution in [0.2, 0.25) is 10.0 Å². The molecular weight excluding hydrogens is 421 g/mol. The predicted octanol–water partition coefficient (Wildman–Crippen LogP) is 4.94. The molecule has 0 fully saturated rings. The van der Waals surface area contributed by atoms with Crippen LogP contribution in [0, 0.1) is 13.8 Å². The van der Waals surface area contributed by atoms with Crippen LogP contribution in [0.15, 0.2) is 53.5 Å². The molecule has 5 nitrogen and oxygen atoms in total. The molecule has 152 valence electrons. The minimum atomic E-state index is -0.158. The number of hydrogen-bond donors (Lipinski definition) is 0. The van der Waals surface area contributed by atoms with Gasteiger partial charge in [0, 0.05) is 35.4 Å². The maximum Gasteiger partial charge on any atom is 0.276 e. The van der Waals surface area contributed by atoms with Crippen LogP contribution in [-0.4, -0.2) is 20.1 Å². The Morgan fingerprint density at radius 3 is 2.43 bits per heavy atom. The molecule has 0 bridgehead atoms. The van der Waals surface area contributed by atoms with E-state index in [1.54, 1.807) is 43.6 Å². The molecule has 0 aliphatic heterocycles. The zero-order valence-corrected chi connectivity index (χ0v) is 18.3. The Morgan fingerprint density at radius 1 is 1.07 bits per heavy atom. The van der Waals surface area contributed by atoms with Gasteiger partial charge in [-0.05, 0) is 43.2 Å². The Balaban J connectivity index is 1.66. The topological polar surface area (TPSA) is 56.9 Å². The standard InChI is InChI=1S/C23H19Cl2N3O2/c1-13-14(2)28(20-11-26-27(3)23(30)21(13)20)12-15-4-6-16(7-5-15)22(29)18-9-8-17(24)10-19(18)25/h4-11H,12H2,1-3H3. The van der Waals surface area contributed by atoms with E-state index >= 15 is 0 Å². The largest absolute Gasteiger partial charge is 0.339 e. The maximum atomic E-state index is 12.8. The molecule has 0 saturated carbocycles. The summed E-state index contributed by atoms with van der Waals surface area (Å²) >= 11 is 12.1. The van der Waals surface area contributed by atoms with Gasteiger partial charge in [0.15, 0.2) is 5.78 Å². The van der Waals surface area contributed by atoms with Crippen LogP contribution in [0.3, 0.4) is 0 Å². The Hall–Kier alpha value is -2.89. The van der Waals surface area contributed by atoms with Crippen molar-refractivity contribution in [3.05, 3.63) is 97.0 Å². The summed E-state index contributed by atoms with van der Waals surface area (Å²) in [6.07, 6.45) is 1.72. The molecule has 7 heteroatoms. The van der Waals surface area contributed by atoms with E-state index in [1.807, 2.05) is 26.0 Å². The lowest BCUT2D eigenvalue weighted by molar-refractivity contribution is 0.103. The lowest BCUT2D eigenvalue weighted by Crippen LogP contribution is -2.19. The fourth-order valence-electron chi connectivity index (χ4n) is 3.63. The average molecular weight is 440 g/mol. The van der Waals surface area contributed by atoms with Crippen LogP contribution in [0.1, 0.15) is 32.7 Å². The maximum absolute atomic E-state index is 12.8. The highest BCUT2D eigenvalue weighted by Crippen LogP contribution is 2.25. The van der Waals surface area contributed by atoms with Gasteiger partial charge in [-0.25, -0.2) is 4.68 Å². The molecule has 4 aromatic rings. The lowest BCUT2D eigenvalue weighted by Gasteiger charge is -2.10. The number of benzene rings is 2. The van der Waals surface area contributed by atoms with E-state index < -0.39 is 0 Å². The third-order valence-electron chi connectivity index (χ3n) is 5.46. The van der Waals surface area contributed by atoms with Crippen LogP contribution in [0.5, 0.6) is 0 Å². The smallest absolute Gasteiger partial charge is 0.276 e. The molecular formula is C23H19Cl2N3O2. The molecule has 0 aliphatic rings. The van der Waals surface area contributed by atoms with E-state index in [-0.39, 0.29) is 11.3 Å². The molecule has 4 rings (SSSR count). The Labute approximate surface area is 183 Å². The van der Waals surface area contributed by atoms with E-state index in [2.05, 4.69) is 9.67 Å². The van der Waals surface area contributed by atoms with Crippen LogP contribution >= 0.6 is 23.2 Å². The van der Waals surface area contributed by atoms with Gasteiger partial charge >= 0.3 is 0 Å². The normalized spacial score (nSPS) is 11.2. The highest BCUT2D eigenvalue weighted by atomic mass is 35.5. The number of fused-ring (bicyclic) bond motifs is 1. The molecule has 0 radical (unpaired) electrons. The summed E-state index contributed by atoms with van der Waals surface area (Å²) in [5.41, 5.74) is 4.64. The van der Waals surface area contributed by atoms with E-state index in [0.717, 1.165) is 22.3 Å². The van der Waals surface area contributed by atoms with Crippen molar-refractivity contribution in [2.24, 2.45) is 7.05 Å². The van der Waals surface area contributed by atoms with Gasteiger partial charge in [0.1, 0.15) is 0 Å². The van der Waals surface area contributed by atoms with Crippen LogP contribution in [-0.2, 0) is 13.6 Å². The fraction of sp³-hybridized carbons (Fsp3) is 0.174. The monoisotopic (exact) mass is 439 g/mol. The molecule has 2 aromatic carbocycles. The van der Waals surface area contributed by atoms with E-state index in [9.17, 15) is 9.59 Å². The summed E-state index contributed by atoms with van der Waals surface area (Å²) in [7, 11) is 1.65. The van der Waals surface area contributed by atoms with Gasteiger partial charge in [0.2, 0.25) is 0 Å². The van der Waals surface area contributed by atoms with Crippen LogP contribution in [0.4, 0.5) is 0 Å². The molecule has 2 heterocycles. The first-order valence-electron chi connectivity index (χ1n) is 9.38. The zero-order chi connectivity index (χ0) is 21.6. The summed E-state index contributed by atoms with van der Waals surface area (Å²) in [6, 6.07) is 12.2. The van der Waals surface area contributed by atoms with Crippen molar-refractivity contribution in [1.29, 1.82) is 0 Å². The first-order valence-corrected chi connectivity index (χ1v) is 10.1. The summed E-state index contributed by atoms with van der Waals surface area (Å²) < 4.78 is 3.42. The lowest BCUT2D eigenvalue weighted by atomic mass is 10.0. The van der Waals surface area contributed by atoms with Gasteiger partial charge in [0.05, 0.1) is 22.1 Å². The minimum absolute atomic E-state index is 0.104. The second-order valence-electron chi connectivity index (χ2n) is 7.28. The molecule has 0 amide bonds. The first-order chi connectivity index (χ1) is 14.3. The van der Waals surface area contributed by atoms with Crippen LogP contribution in [0.25, 0.3) is 10.9 Å². The SMILES string of the molecule is Cc1c(C)n(Cc2ccc(C(=O)c3ccc(Cl)cc3Cl)cc2)c2cnn(C)c(=O)c12. The predicted molar refractivity (Wildman–Crippen MR) is 120 cm³/mol. The molecule has 0 aliphatic carbocycles. The van der Waals surface area contributed by atoms with Gasteiger partial charge in [0.25, 0.3) is 5.56 Å². The fourth-order valence-corrected chi connectivity index (χ4v) is 4.12. The molecule has 30 heavy (non-hydrogen) atoms. The quantitative estimate of drug-likeness (QED) is 0.423.